The van der Waals surface area contributed by atoms with Crippen molar-refractivity contribution in [2.75, 3.05) is 46.9 Å². The third-order valence-corrected chi connectivity index (χ3v) is 4.18. The van der Waals surface area contributed by atoms with Gasteiger partial charge in [0.2, 0.25) is 0 Å². The number of halogens is 3. The number of nitrogens with one attached hydrogen (secondary N) is 1. The summed E-state index contributed by atoms with van der Waals surface area (Å²) in [5.74, 6) is 0.712. The van der Waals surface area contributed by atoms with Crippen molar-refractivity contribution in [3.63, 3.8) is 0 Å². The van der Waals surface area contributed by atoms with Crippen LogP contribution in [-0.2, 0) is 17.5 Å². The number of hydrogen-bond acceptors (Lipinski definition) is 3. The van der Waals surface area contributed by atoms with E-state index >= 15 is 0 Å². The minimum atomic E-state index is -4.31. The van der Waals surface area contributed by atoms with Crippen LogP contribution in [0.2, 0.25) is 0 Å². The van der Waals surface area contributed by atoms with E-state index in [9.17, 15) is 13.2 Å². The summed E-state index contributed by atoms with van der Waals surface area (Å²) in [6.45, 7) is 6.17. The van der Waals surface area contributed by atoms with Crippen molar-refractivity contribution in [2.45, 2.75) is 25.7 Å². The third kappa shape index (κ3) is 6.17. The second-order valence-electron chi connectivity index (χ2n) is 6.50. The number of ether oxygens (including phenoxy) is 1. The van der Waals surface area contributed by atoms with Gasteiger partial charge in [0, 0.05) is 33.2 Å². The van der Waals surface area contributed by atoms with Crippen LogP contribution in [0, 0.1) is 0 Å². The van der Waals surface area contributed by atoms with Crippen LogP contribution in [-0.4, -0.2) is 68.7 Å². The number of hydrogen-bond donors (Lipinski definition) is 1. The molecule has 1 aromatic carbocycles. The van der Waals surface area contributed by atoms with Gasteiger partial charge < -0.3 is 19.9 Å². The van der Waals surface area contributed by atoms with Gasteiger partial charge in [-0.05, 0) is 31.7 Å². The molecule has 0 bridgehead atoms. The van der Waals surface area contributed by atoms with Gasteiger partial charge >= 0.3 is 6.18 Å². The molecule has 5 nitrogen and oxygen atoms in total. The number of alkyl halides is 3. The van der Waals surface area contributed by atoms with Gasteiger partial charge in [-0.15, -0.1) is 0 Å². The number of rotatable bonds is 5. The predicted octanol–water partition coefficient (Wildman–Crippen LogP) is 2.43. The highest BCUT2D eigenvalue weighted by Crippen LogP contribution is 2.29. The van der Waals surface area contributed by atoms with Crippen LogP contribution in [0.5, 0.6) is 0 Å². The Balaban J connectivity index is 1.98. The van der Waals surface area contributed by atoms with E-state index in [1.807, 2.05) is 18.9 Å². The minimum Gasteiger partial charge on any atom is -0.374 e. The summed E-state index contributed by atoms with van der Waals surface area (Å²) in [6, 6.07) is 5.22. The van der Waals surface area contributed by atoms with Crippen molar-refractivity contribution in [2.24, 2.45) is 4.99 Å². The van der Waals surface area contributed by atoms with E-state index in [0.29, 0.717) is 32.2 Å². The number of benzene rings is 1. The Morgan fingerprint density at radius 1 is 1.35 bits per heavy atom. The Labute approximate surface area is 152 Å². The second kappa shape index (κ2) is 9.23. The van der Waals surface area contributed by atoms with E-state index in [2.05, 4.69) is 22.3 Å². The molecule has 0 amide bonds. The Morgan fingerprint density at radius 3 is 2.62 bits per heavy atom. The van der Waals surface area contributed by atoms with Gasteiger partial charge in [-0.25, -0.2) is 0 Å². The lowest BCUT2D eigenvalue weighted by Gasteiger charge is -2.29. The van der Waals surface area contributed by atoms with Crippen LogP contribution in [0.3, 0.4) is 0 Å². The van der Waals surface area contributed by atoms with E-state index < -0.39 is 11.7 Å². The first-order valence-electron chi connectivity index (χ1n) is 8.75. The minimum absolute atomic E-state index is 0.0573. The lowest BCUT2D eigenvalue weighted by molar-refractivity contribution is -0.137. The fourth-order valence-electron chi connectivity index (χ4n) is 2.78. The quantitative estimate of drug-likeness (QED) is 0.637. The molecule has 0 aromatic heterocycles. The summed E-state index contributed by atoms with van der Waals surface area (Å²) in [6.07, 6.45) is -4.25. The Morgan fingerprint density at radius 2 is 2.04 bits per heavy atom. The van der Waals surface area contributed by atoms with Gasteiger partial charge in [-0.2, -0.15) is 13.2 Å². The predicted molar refractivity (Wildman–Crippen MR) is 96.1 cm³/mol. The van der Waals surface area contributed by atoms with E-state index in [0.717, 1.165) is 30.8 Å². The first-order chi connectivity index (χ1) is 12.3. The molecule has 26 heavy (non-hydrogen) atoms. The highest BCUT2D eigenvalue weighted by molar-refractivity contribution is 5.79. The summed E-state index contributed by atoms with van der Waals surface area (Å²) in [4.78, 5) is 8.74. The lowest BCUT2D eigenvalue weighted by Crippen LogP contribution is -2.43. The Kier molecular flexibility index (Phi) is 7.28. The normalized spacial score (nSPS) is 19.5. The van der Waals surface area contributed by atoms with Crippen molar-refractivity contribution < 1.29 is 17.9 Å². The van der Waals surface area contributed by atoms with Crippen LogP contribution in [0.4, 0.5) is 13.2 Å². The van der Waals surface area contributed by atoms with Gasteiger partial charge in [0.1, 0.15) is 0 Å². The van der Waals surface area contributed by atoms with Crippen LogP contribution >= 0.6 is 0 Å². The molecule has 146 valence electrons. The summed E-state index contributed by atoms with van der Waals surface area (Å²) in [5, 5.41) is 3.22. The molecule has 1 atom stereocenters. The summed E-state index contributed by atoms with van der Waals surface area (Å²) >= 11 is 0. The SMILES string of the molecule is CCNC(=NCC1CN(C)CCO1)N(C)Cc1ccc(C(F)(F)F)cc1. The van der Waals surface area contributed by atoms with Gasteiger partial charge in [0.15, 0.2) is 5.96 Å². The van der Waals surface area contributed by atoms with E-state index in [4.69, 9.17) is 4.74 Å². The lowest BCUT2D eigenvalue weighted by atomic mass is 10.1. The van der Waals surface area contributed by atoms with Crippen molar-refractivity contribution >= 4 is 5.96 Å². The maximum Gasteiger partial charge on any atom is 0.416 e. The molecule has 1 aliphatic rings. The van der Waals surface area contributed by atoms with Crippen LogP contribution in [0.15, 0.2) is 29.3 Å². The molecular formula is C18H27F3N4O. The molecule has 1 fully saturated rings. The Bertz CT molecular complexity index is 589. The fourth-order valence-corrected chi connectivity index (χ4v) is 2.78. The number of guanidine groups is 1. The summed E-state index contributed by atoms with van der Waals surface area (Å²) in [5.41, 5.74) is 0.155. The van der Waals surface area contributed by atoms with Crippen molar-refractivity contribution in [1.29, 1.82) is 0 Å². The van der Waals surface area contributed by atoms with Gasteiger partial charge in [-0.3, -0.25) is 4.99 Å². The van der Waals surface area contributed by atoms with Crippen LogP contribution < -0.4 is 5.32 Å². The third-order valence-electron chi connectivity index (χ3n) is 4.18. The molecule has 1 saturated heterocycles. The first-order valence-corrected chi connectivity index (χ1v) is 8.75. The molecule has 1 N–H and O–H groups in total. The molecular weight excluding hydrogens is 345 g/mol. The van der Waals surface area contributed by atoms with E-state index in [1.54, 1.807) is 0 Å². The largest absolute Gasteiger partial charge is 0.416 e. The second-order valence-corrected chi connectivity index (χ2v) is 6.50. The molecule has 0 radical (unpaired) electrons. The molecule has 0 aliphatic carbocycles. The van der Waals surface area contributed by atoms with Crippen LogP contribution in [0.1, 0.15) is 18.1 Å². The molecule has 8 heteroatoms. The average Bonchev–Trinajstić information content (AvgIpc) is 2.58. The molecule has 0 spiro atoms. The highest BCUT2D eigenvalue weighted by atomic mass is 19.4. The number of morpholine rings is 1. The molecule has 2 rings (SSSR count). The molecule has 1 aromatic rings. The zero-order valence-corrected chi connectivity index (χ0v) is 15.5. The Hall–Kier alpha value is -1.80. The van der Waals surface area contributed by atoms with Gasteiger partial charge in [-0.1, -0.05) is 12.1 Å². The average molecular weight is 372 g/mol. The zero-order chi connectivity index (χ0) is 19.2. The van der Waals surface area contributed by atoms with E-state index in [-0.39, 0.29) is 6.10 Å². The monoisotopic (exact) mass is 372 g/mol. The first kappa shape index (κ1) is 20.5. The van der Waals surface area contributed by atoms with Crippen molar-refractivity contribution in [3.05, 3.63) is 35.4 Å². The smallest absolute Gasteiger partial charge is 0.374 e. The maximum atomic E-state index is 12.7. The van der Waals surface area contributed by atoms with Gasteiger partial charge in [0.25, 0.3) is 0 Å². The van der Waals surface area contributed by atoms with Crippen LogP contribution in [0.25, 0.3) is 0 Å². The molecule has 1 aliphatic heterocycles. The molecule has 1 unspecified atom stereocenters. The molecule has 0 saturated carbocycles. The fraction of sp³-hybridized carbons (Fsp3) is 0.611. The molecule has 1 heterocycles. The topological polar surface area (TPSA) is 40.1 Å². The van der Waals surface area contributed by atoms with Crippen molar-refractivity contribution in [3.8, 4) is 0 Å². The zero-order valence-electron chi connectivity index (χ0n) is 15.5. The van der Waals surface area contributed by atoms with E-state index in [1.165, 1.54) is 12.1 Å². The number of nitrogens with zero attached hydrogens (tertiary/aromatic N) is 3. The summed E-state index contributed by atoms with van der Waals surface area (Å²) in [7, 11) is 3.92. The maximum absolute atomic E-state index is 12.7. The highest BCUT2D eigenvalue weighted by Gasteiger charge is 2.30. The standard InChI is InChI=1S/C18H27F3N4O/c1-4-22-17(23-11-16-13-24(2)9-10-26-16)25(3)12-14-5-7-15(8-6-14)18(19,20)21/h5-8,16H,4,9-13H2,1-3H3,(H,22,23). The number of likely N-dealkylation sites (N-methyl/N-ethyl adjacent to an activating group) is 1. The van der Waals surface area contributed by atoms with Gasteiger partial charge in [0.05, 0.1) is 24.8 Å². The summed E-state index contributed by atoms with van der Waals surface area (Å²) < 4.78 is 43.7. The number of aliphatic imine (C=N–C) groups is 1. The van der Waals surface area contributed by atoms with Crippen molar-refractivity contribution in [1.82, 2.24) is 15.1 Å².